The van der Waals surface area contributed by atoms with Gasteiger partial charge in [0.1, 0.15) is 5.75 Å². The molecule has 1 fully saturated rings. The van der Waals surface area contributed by atoms with Gasteiger partial charge in [0, 0.05) is 6.04 Å². The van der Waals surface area contributed by atoms with Crippen LogP contribution in [0.4, 0.5) is 0 Å². The molecule has 0 aliphatic heterocycles. The van der Waals surface area contributed by atoms with Gasteiger partial charge in [0.25, 0.3) is 0 Å². The number of hydrogen-bond donors (Lipinski definition) is 2. The van der Waals surface area contributed by atoms with Crippen molar-refractivity contribution < 1.29 is 9.53 Å². The van der Waals surface area contributed by atoms with E-state index in [1.165, 1.54) is 29.3 Å². The highest BCUT2D eigenvalue weighted by Crippen LogP contribution is 2.30. The second kappa shape index (κ2) is 7.77. The van der Waals surface area contributed by atoms with Crippen LogP contribution in [0, 0.1) is 0 Å². The number of hydrogen-bond acceptors (Lipinski definition) is 6. The smallest absolute Gasteiger partial charge is 0.233 e. The van der Waals surface area contributed by atoms with E-state index in [0.717, 1.165) is 18.4 Å². The van der Waals surface area contributed by atoms with E-state index in [4.69, 9.17) is 10.6 Å². The molecular formula is C17H23N5O2S. The van der Waals surface area contributed by atoms with Gasteiger partial charge >= 0.3 is 0 Å². The Bertz CT molecular complexity index is 742. The summed E-state index contributed by atoms with van der Waals surface area (Å²) in [5, 5.41) is 11.6. The van der Waals surface area contributed by atoms with Gasteiger partial charge in [-0.2, -0.15) is 0 Å². The Balaban J connectivity index is 1.71. The number of aromatic nitrogens is 3. The van der Waals surface area contributed by atoms with E-state index in [9.17, 15) is 4.79 Å². The molecule has 1 aromatic heterocycles. The van der Waals surface area contributed by atoms with Crippen LogP contribution in [0.15, 0.2) is 29.4 Å². The van der Waals surface area contributed by atoms with Crippen LogP contribution in [0.3, 0.4) is 0 Å². The average Bonchev–Trinajstić information content (AvgIpc) is 3.25. The van der Waals surface area contributed by atoms with Crippen LogP contribution in [-0.2, 0) is 4.79 Å². The Morgan fingerprint density at radius 1 is 1.36 bits per heavy atom. The first-order valence-electron chi connectivity index (χ1n) is 8.41. The number of ether oxygens (including phenoxy) is 1. The molecule has 1 atom stereocenters. The predicted molar refractivity (Wildman–Crippen MR) is 97.9 cm³/mol. The molecule has 1 unspecified atom stereocenters. The number of nitrogens with one attached hydrogen (secondary N) is 1. The quantitative estimate of drug-likeness (QED) is 0.605. The fourth-order valence-electron chi connectivity index (χ4n) is 2.97. The van der Waals surface area contributed by atoms with Crippen molar-refractivity contribution >= 4 is 17.7 Å². The van der Waals surface area contributed by atoms with Gasteiger partial charge in [0.15, 0.2) is 5.82 Å². The van der Waals surface area contributed by atoms with Gasteiger partial charge in [0.05, 0.1) is 17.9 Å². The molecule has 2 aromatic rings. The van der Waals surface area contributed by atoms with Crippen molar-refractivity contribution in [3.63, 3.8) is 0 Å². The van der Waals surface area contributed by atoms with Crippen molar-refractivity contribution in [2.75, 3.05) is 13.0 Å². The number of thioether (sulfide) groups is 1. The number of rotatable bonds is 6. The highest BCUT2D eigenvalue weighted by molar-refractivity contribution is 8.00. The number of nitrogens with zero attached hydrogens (tertiary/aromatic N) is 3. The van der Waals surface area contributed by atoms with Gasteiger partial charge in [-0.15, -0.1) is 10.2 Å². The standard InChI is InChI=1S/C17H23N5O2S/c1-11(16(23)19-12-7-3-4-8-12)25-17-21-20-15(22(17)18)13-9-5-6-10-14(13)24-2/h5-6,9-12H,3-4,7-8,18H2,1-2H3,(H,19,23). The highest BCUT2D eigenvalue weighted by Gasteiger charge is 2.24. The summed E-state index contributed by atoms with van der Waals surface area (Å²) < 4.78 is 6.75. The lowest BCUT2D eigenvalue weighted by Gasteiger charge is -2.16. The zero-order chi connectivity index (χ0) is 17.8. The van der Waals surface area contributed by atoms with E-state index in [2.05, 4.69) is 15.5 Å². The number of methoxy groups -OCH3 is 1. The molecule has 3 rings (SSSR count). The van der Waals surface area contributed by atoms with Crippen LogP contribution in [0.5, 0.6) is 5.75 Å². The fourth-order valence-corrected chi connectivity index (χ4v) is 3.75. The third kappa shape index (κ3) is 3.89. The molecule has 134 valence electrons. The summed E-state index contributed by atoms with van der Waals surface area (Å²) in [5.41, 5.74) is 0.759. The number of nitrogen functional groups attached to an aromatic ring is 1. The van der Waals surface area contributed by atoms with Crippen LogP contribution in [0.2, 0.25) is 0 Å². The number of carbonyl (C=O) groups is 1. The first-order chi connectivity index (χ1) is 12.1. The summed E-state index contributed by atoms with van der Waals surface area (Å²) in [6.07, 6.45) is 4.50. The van der Waals surface area contributed by atoms with E-state index in [-0.39, 0.29) is 11.2 Å². The van der Waals surface area contributed by atoms with Crippen molar-refractivity contribution in [1.82, 2.24) is 20.2 Å². The molecule has 3 N–H and O–H groups in total. The molecule has 8 heteroatoms. The molecule has 25 heavy (non-hydrogen) atoms. The van der Waals surface area contributed by atoms with Crippen LogP contribution in [0.1, 0.15) is 32.6 Å². The fraction of sp³-hybridized carbons (Fsp3) is 0.471. The van der Waals surface area contributed by atoms with E-state index in [1.807, 2.05) is 31.2 Å². The van der Waals surface area contributed by atoms with Crippen molar-refractivity contribution in [3.05, 3.63) is 24.3 Å². The number of nitrogens with two attached hydrogens (primary N) is 1. The molecule has 1 aromatic carbocycles. The maximum atomic E-state index is 12.3. The van der Waals surface area contributed by atoms with Gasteiger partial charge < -0.3 is 15.9 Å². The van der Waals surface area contributed by atoms with Gasteiger partial charge in [-0.1, -0.05) is 36.7 Å². The Morgan fingerprint density at radius 2 is 2.08 bits per heavy atom. The first kappa shape index (κ1) is 17.6. The molecule has 1 saturated carbocycles. The molecule has 0 spiro atoms. The summed E-state index contributed by atoms with van der Waals surface area (Å²) >= 11 is 1.30. The van der Waals surface area contributed by atoms with Gasteiger partial charge in [-0.3, -0.25) is 4.79 Å². The number of benzene rings is 1. The lowest BCUT2D eigenvalue weighted by atomic mass is 10.2. The lowest BCUT2D eigenvalue weighted by Crippen LogP contribution is -2.37. The summed E-state index contributed by atoms with van der Waals surface area (Å²) in [5.74, 6) is 7.34. The maximum Gasteiger partial charge on any atom is 0.233 e. The Hall–Kier alpha value is -2.22. The van der Waals surface area contributed by atoms with Gasteiger partial charge in [-0.25, -0.2) is 4.68 Å². The number of para-hydroxylation sites is 1. The zero-order valence-electron chi connectivity index (χ0n) is 14.4. The molecule has 7 nitrogen and oxygen atoms in total. The summed E-state index contributed by atoms with van der Waals surface area (Å²) in [7, 11) is 1.60. The van der Waals surface area contributed by atoms with Crippen molar-refractivity contribution in [2.24, 2.45) is 0 Å². The topological polar surface area (TPSA) is 95.1 Å². The average molecular weight is 361 g/mol. The second-order valence-electron chi connectivity index (χ2n) is 6.13. The van der Waals surface area contributed by atoms with Crippen molar-refractivity contribution in [3.8, 4) is 17.1 Å². The minimum atomic E-state index is -0.294. The van der Waals surface area contributed by atoms with Crippen LogP contribution in [-0.4, -0.2) is 39.2 Å². The van der Waals surface area contributed by atoms with Crippen LogP contribution >= 0.6 is 11.8 Å². The highest BCUT2D eigenvalue weighted by atomic mass is 32.2. The molecule has 0 radical (unpaired) electrons. The molecule has 0 saturated heterocycles. The SMILES string of the molecule is COc1ccccc1-c1nnc(SC(C)C(=O)NC2CCCC2)n1N. The van der Waals surface area contributed by atoms with Crippen molar-refractivity contribution in [2.45, 2.75) is 49.1 Å². The Kier molecular flexibility index (Phi) is 5.47. The lowest BCUT2D eigenvalue weighted by molar-refractivity contribution is -0.120. The summed E-state index contributed by atoms with van der Waals surface area (Å²) in [6.45, 7) is 1.85. The molecule has 1 aliphatic carbocycles. The number of carbonyl (C=O) groups excluding carboxylic acids is 1. The predicted octanol–water partition coefficient (Wildman–Crippen LogP) is 2.21. The second-order valence-corrected chi connectivity index (χ2v) is 7.43. The van der Waals surface area contributed by atoms with Crippen LogP contribution in [0.25, 0.3) is 11.4 Å². The van der Waals surface area contributed by atoms with Gasteiger partial charge in [-0.05, 0) is 31.9 Å². The molecule has 1 heterocycles. The zero-order valence-corrected chi connectivity index (χ0v) is 15.3. The minimum absolute atomic E-state index is 0.0127. The van der Waals surface area contributed by atoms with Crippen LogP contribution < -0.4 is 15.9 Å². The molecule has 0 bridgehead atoms. The van der Waals surface area contributed by atoms with E-state index in [1.54, 1.807) is 7.11 Å². The van der Waals surface area contributed by atoms with E-state index >= 15 is 0 Å². The minimum Gasteiger partial charge on any atom is -0.496 e. The summed E-state index contributed by atoms with van der Waals surface area (Å²) in [6, 6.07) is 7.78. The number of amides is 1. The Morgan fingerprint density at radius 3 is 2.80 bits per heavy atom. The van der Waals surface area contributed by atoms with E-state index in [0.29, 0.717) is 22.8 Å². The maximum absolute atomic E-state index is 12.3. The van der Waals surface area contributed by atoms with E-state index < -0.39 is 0 Å². The molecular weight excluding hydrogens is 338 g/mol. The molecule has 1 amide bonds. The monoisotopic (exact) mass is 361 g/mol. The van der Waals surface area contributed by atoms with Gasteiger partial charge in [0.2, 0.25) is 11.1 Å². The Labute approximate surface area is 151 Å². The first-order valence-corrected chi connectivity index (χ1v) is 9.29. The third-order valence-electron chi connectivity index (χ3n) is 4.37. The summed E-state index contributed by atoms with van der Waals surface area (Å²) in [4.78, 5) is 12.3. The third-order valence-corrected chi connectivity index (χ3v) is 5.42. The normalized spacial score (nSPS) is 15.9. The van der Waals surface area contributed by atoms with Crippen molar-refractivity contribution in [1.29, 1.82) is 0 Å². The largest absolute Gasteiger partial charge is 0.496 e. The molecule has 1 aliphatic rings.